The van der Waals surface area contributed by atoms with Gasteiger partial charge in [0.25, 0.3) is 0 Å². The Kier molecular flexibility index (Phi) is 3.48. The highest BCUT2D eigenvalue weighted by Crippen LogP contribution is 2.49. The molecule has 0 aromatic heterocycles. The summed E-state index contributed by atoms with van der Waals surface area (Å²) in [4.78, 5) is 11.4. The Hall–Kier alpha value is -0.330. The number of rotatable bonds is 3. The Morgan fingerprint density at radius 2 is 1.93 bits per heavy atom. The molecule has 2 saturated carbocycles. The maximum absolute atomic E-state index is 11.4. The highest BCUT2D eigenvalue weighted by atomic mass is 16.1. The quantitative estimate of drug-likeness (QED) is 0.641. The first-order valence-corrected chi connectivity index (χ1v) is 6.77. The molecule has 0 heterocycles. The minimum atomic E-state index is 0.105. The van der Waals surface area contributed by atoms with Gasteiger partial charge in [-0.3, -0.25) is 0 Å². The van der Waals surface area contributed by atoms with E-state index in [0.29, 0.717) is 0 Å². The molecule has 2 rings (SSSR count). The maximum atomic E-state index is 11.4. The molecule has 1 nitrogen and oxygen atoms in total. The molecule has 0 saturated heterocycles. The Morgan fingerprint density at radius 1 is 1.20 bits per heavy atom. The molecule has 86 valence electrons. The molecule has 2 fully saturated rings. The Balaban J connectivity index is 2.04. The third-order valence-electron chi connectivity index (χ3n) is 4.94. The van der Waals surface area contributed by atoms with Crippen molar-refractivity contribution in [2.75, 3.05) is 0 Å². The summed E-state index contributed by atoms with van der Waals surface area (Å²) < 4.78 is 0. The van der Waals surface area contributed by atoms with Crippen molar-refractivity contribution in [2.45, 2.75) is 64.7 Å². The van der Waals surface area contributed by atoms with Gasteiger partial charge in [0.2, 0.25) is 0 Å². The van der Waals surface area contributed by atoms with Gasteiger partial charge >= 0.3 is 0 Å². The van der Waals surface area contributed by atoms with Crippen LogP contribution in [-0.2, 0) is 4.79 Å². The molecule has 2 unspecified atom stereocenters. The summed E-state index contributed by atoms with van der Waals surface area (Å²) in [6.07, 6.45) is 13.0. The summed E-state index contributed by atoms with van der Waals surface area (Å²) in [5, 5.41) is 0. The zero-order chi connectivity index (χ0) is 10.7. The van der Waals surface area contributed by atoms with Gasteiger partial charge in [0.1, 0.15) is 6.29 Å². The molecule has 1 heteroatoms. The number of carbonyl (C=O) groups excluding carboxylic acids is 1. The number of hydrogen-bond acceptors (Lipinski definition) is 1. The summed E-state index contributed by atoms with van der Waals surface area (Å²) in [5.74, 6) is 1.62. The second kappa shape index (κ2) is 4.67. The van der Waals surface area contributed by atoms with Crippen LogP contribution in [0.15, 0.2) is 0 Å². The predicted octanol–water partition coefficient (Wildman–Crippen LogP) is 3.96. The normalized spacial score (nSPS) is 35.3. The van der Waals surface area contributed by atoms with E-state index < -0.39 is 0 Å². The molecular weight excluding hydrogens is 184 g/mol. The highest BCUT2D eigenvalue weighted by molar-refractivity contribution is 5.60. The smallest absolute Gasteiger partial charge is 0.126 e. The lowest BCUT2D eigenvalue weighted by molar-refractivity contribution is -0.120. The Bertz CT molecular complexity index is 215. The monoisotopic (exact) mass is 208 g/mol. The largest absolute Gasteiger partial charge is 0.303 e. The molecule has 0 aromatic rings. The van der Waals surface area contributed by atoms with E-state index in [1.165, 1.54) is 64.1 Å². The van der Waals surface area contributed by atoms with Crippen LogP contribution in [0.3, 0.4) is 0 Å². The van der Waals surface area contributed by atoms with Gasteiger partial charge in [-0.05, 0) is 37.5 Å². The zero-order valence-electron chi connectivity index (χ0n) is 10.0. The van der Waals surface area contributed by atoms with Gasteiger partial charge < -0.3 is 4.79 Å². The predicted molar refractivity (Wildman–Crippen MR) is 62.7 cm³/mol. The summed E-state index contributed by atoms with van der Waals surface area (Å²) >= 11 is 0. The van der Waals surface area contributed by atoms with Gasteiger partial charge in [-0.2, -0.15) is 0 Å². The van der Waals surface area contributed by atoms with Crippen LogP contribution < -0.4 is 0 Å². The Morgan fingerprint density at radius 3 is 2.53 bits per heavy atom. The van der Waals surface area contributed by atoms with Crippen LogP contribution in [0.4, 0.5) is 0 Å². The van der Waals surface area contributed by atoms with Crippen molar-refractivity contribution < 1.29 is 4.79 Å². The van der Waals surface area contributed by atoms with Gasteiger partial charge in [0.15, 0.2) is 0 Å². The van der Waals surface area contributed by atoms with Crippen LogP contribution in [-0.4, -0.2) is 6.29 Å². The lowest BCUT2D eigenvalue weighted by Gasteiger charge is -2.38. The standard InChI is InChI=1S/C14H24O/c1-2-12-6-5-7-13(10-12)14(11-15)8-3-4-9-14/h11-13H,2-10H2,1H3. The molecule has 0 spiro atoms. The van der Waals surface area contributed by atoms with Crippen LogP contribution in [0.25, 0.3) is 0 Å². The van der Waals surface area contributed by atoms with Crippen molar-refractivity contribution in [3.05, 3.63) is 0 Å². The molecule has 15 heavy (non-hydrogen) atoms. The fourth-order valence-corrected chi connectivity index (χ4v) is 3.84. The molecule has 0 aromatic carbocycles. The molecular formula is C14H24O. The summed E-state index contributed by atoms with van der Waals surface area (Å²) in [6, 6.07) is 0. The van der Waals surface area contributed by atoms with Gasteiger partial charge in [0, 0.05) is 5.41 Å². The molecule has 0 bridgehead atoms. The molecule has 0 amide bonds. The topological polar surface area (TPSA) is 17.1 Å². The fraction of sp³-hybridized carbons (Fsp3) is 0.929. The minimum absolute atomic E-state index is 0.105. The van der Waals surface area contributed by atoms with E-state index in [-0.39, 0.29) is 5.41 Å². The van der Waals surface area contributed by atoms with Crippen LogP contribution in [0.2, 0.25) is 0 Å². The van der Waals surface area contributed by atoms with E-state index in [1.807, 2.05) is 0 Å². The van der Waals surface area contributed by atoms with Crippen molar-refractivity contribution in [3.63, 3.8) is 0 Å². The SMILES string of the molecule is CCC1CCCC(C2(C=O)CCCC2)C1. The molecule has 2 atom stereocenters. The van der Waals surface area contributed by atoms with Gasteiger partial charge in [0.05, 0.1) is 0 Å². The van der Waals surface area contributed by atoms with E-state index >= 15 is 0 Å². The van der Waals surface area contributed by atoms with Crippen LogP contribution in [0, 0.1) is 17.3 Å². The number of carbonyl (C=O) groups is 1. The van der Waals surface area contributed by atoms with Crippen molar-refractivity contribution in [1.29, 1.82) is 0 Å². The number of hydrogen-bond donors (Lipinski definition) is 0. The average Bonchev–Trinajstić information content (AvgIpc) is 2.79. The van der Waals surface area contributed by atoms with E-state index in [2.05, 4.69) is 6.92 Å². The molecule has 2 aliphatic carbocycles. The van der Waals surface area contributed by atoms with Crippen LogP contribution in [0.1, 0.15) is 64.7 Å². The summed E-state index contributed by atoms with van der Waals surface area (Å²) in [7, 11) is 0. The van der Waals surface area contributed by atoms with Gasteiger partial charge in [-0.1, -0.05) is 39.0 Å². The third kappa shape index (κ3) is 2.11. The molecule has 0 radical (unpaired) electrons. The van der Waals surface area contributed by atoms with E-state index in [1.54, 1.807) is 0 Å². The van der Waals surface area contributed by atoms with E-state index in [9.17, 15) is 4.79 Å². The van der Waals surface area contributed by atoms with Crippen LogP contribution in [0.5, 0.6) is 0 Å². The first-order chi connectivity index (χ1) is 7.30. The second-order valence-electron chi connectivity index (χ2n) is 5.70. The number of aldehydes is 1. The molecule has 0 aliphatic heterocycles. The highest BCUT2D eigenvalue weighted by Gasteiger charge is 2.42. The van der Waals surface area contributed by atoms with Crippen molar-refractivity contribution in [3.8, 4) is 0 Å². The zero-order valence-corrected chi connectivity index (χ0v) is 10.0. The minimum Gasteiger partial charge on any atom is -0.303 e. The second-order valence-corrected chi connectivity index (χ2v) is 5.70. The fourth-order valence-electron chi connectivity index (χ4n) is 3.84. The van der Waals surface area contributed by atoms with Crippen molar-refractivity contribution in [1.82, 2.24) is 0 Å². The van der Waals surface area contributed by atoms with Gasteiger partial charge in [-0.15, -0.1) is 0 Å². The van der Waals surface area contributed by atoms with E-state index in [4.69, 9.17) is 0 Å². The van der Waals surface area contributed by atoms with E-state index in [0.717, 1.165) is 11.8 Å². The van der Waals surface area contributed by atoms with Gasteiger partial charge in [-0.25, -0.2) is 0 Å². The first kappa shape index (κ1) is 11.2. The summed E-state index contributed by atoms with van der Waals surface area (Å²) in [6.45, 7) is 2.30. The third-order valence-corrected chi connectivity index (χ3v) is 4.94. The first-order valence-electron chi connectivity index (χ1n) is 6.77. The summed E-state index contributed by atoms with van der Waals surface area (Å²) in [5.41, 5.74) is 0.105. The molecule has 0 N–H and O–H groups in total. The van der Waals surface area contributed by atoms with Crippen LogP contribution >= 0.6 is 0 Å². The average molecular weight is 208 g/mol. The maximum Gasteiger partial charge on any atom is 0.126 e. The van der Waals surface area contributed by atoms with Crippen molar-refractivity contribution >= 4 is 6.29 Å². The lowest BCUT2D eigenvalue weighted by atomic mass is 9.65. The Labute approximate surface area is 93.6 Å². The van der Waals surface area contributed by atoms with Crippen molar-refractivity contribution in [2.24, 2.45) is 17.3 Å². The molecule has 2 aliphatic rings. The lowest BCUT2D eigenvalue weighted by Crippen LogP contribution is -2.33.